The number of carbonyl (C=O) groups excluding carboxylic acids is 1. The molecule has 8 nitrogen and oxygen atoms in total. The quantitative estimate of drug-likeness (QED) is 0.0272. The summed E-state index contributed by atoms with van der Waals surface area (Å²) in [7, 11) is 1.32. The normalized spacial score (nSPS) is 13.8. The summed E-state index contributed by atoms with van der Waals surface area (Å²) in [5, 5.41) is 14.2. The van der Waals surface area contributed by atoms with Crippen LogP contribution in [0.25, 0.3) is 0 Å². The van der Waals surface area contributed by atoms with Crippen molar-refractivity contribution >= 4 is 13.7 Å². The fourth-order valence-corrected chi connectivity index (χ4v) is 13.1. The van der Waals surface area contributed by atoms with Crippen LogP contribution in [0.3, 0.4) is 0 Å². The molecule has 0 spiro atoms. The highest BCUT2D eigenvalue weighted by Crippen LogP contribution is 2.38. The third-order valence-electron chi connectivity index (χ3n) is 18.5. The van der Waals surface area contributed by atoms with E-state index in [9.17, 15) is 19.4 Å². The third kappa shape index (κ3) is 75.4. The predicted molar refractivity (Wildman–Crippen MR) is 399 cm³/mol. The summed E-state index contributed by atoms with van der Waals surface area (Å²) in [5.41, 5.74) is 0. The Hall–Kier alpha value is -1.80. The highest BCUT2D eigenvalue weighted by Gasteiger charge is 2.24. The maximum Gasteiger partial charge on any atom is 0.268 e. The molecule has 3 unspecified atom stereocenters. The zero-order chi connectivity index (χ0) is 66.2. The number of hydrogen-bond donors (Lipinski definition) is 2. The third-order valence-corrected chi connectivity index (χ3v) is 19.5. The van der Waals surface area contributed by atoms with Gasteiger partial charge in [-0.25, -0.2) is 0 Å². The molecule has 0 aliphatic rings. The minimum Gasteiger partial charge on any atom is -0.756 e. The number of nitrogens with zero attached hydrogens (tertiary/aromatic N) is 1. The Balaban J connectivity index is 3.91. The van der Waals surface area contributed by atoms with Gasteiger partial charge in [0, 0.05) is 6.42 Å². The van der Waals surface area contributed by atoms with Crippen molar-refractivity contribution in [3.8, 4) is 0 Å². The van der Waals surface area contributed by atoms with Crippen molar-refractivity contribution < 1.29 is 32.9 Å². The van der Waals surface area contributed by atoms with Gasteiger partial charge in [-0.15, -0.1) is 0 Å². The van der Waals surface area contributed by atoms with E-state index in [0.29, 0.717) is 23.9 Å². The minimum atomic E-state index is -4.58. The standard InChI is InChI=1S/C82H157N2O6P/c1-6-8-10-12-14-16-18-20-22-24-26-28-30-32-34-36-38-39-40-41-42-43-44-45-46-48-50-52-54-56-58-60-62-64-66-68-70-72-74-76-82(86)83-80(79-90-91(87,88)89-78-77-84(3,4)5)81(85)75-73-71-69-67-65-63-61-59-57-55-53-51-49-47-37-35-33-31-29-27-25-23-21-19-17-15-13-11-9-7-2/h8,10,14,16,20,22,26,28,32,34,80-81,85H,6-7,9,11-13,15,17-19,21,23-25,27,29-31,33,35-79H2,1-5H3,(H-,83,86,87,88)/b10-8-,16-14-,22-20-,28-26-,34-32-. The lowest BCUT2D eigenvalue weighted by atomic mass is 10.0. The number of likely N-dealkylation sites (N-methyl/N-ethyl adjacent to an activating group) is 1. The van der Waals surface area contributed by atoms with Gasteiger partial charge in [0.25, 0.3) is 7.82 Å². The Morgan fingerprint density at radius 3 is 0.978 bits per heavy atom. The molecule has 9 heteroatoms. The number of aliphatic hydroxyl groups is 1. The van der Waals surface area contributed by atoms with Crippen LogP contribution in [0.5, 0.6) is 0 Å². The average molecular weight is 1300 g/mol. The van der Waals surface area contributed by atoms with Crippen LogP contribution in [0.15, 0.2) is 60.8 Å². The molecule has 0 aromatic carbocycles. The van der Waals surface area contributed by atoms with Crippen molar-refractivity contribution in [1.82, 2.24) is 5.32 Å². The molecular formula is C82H157N2O6P. The maximum absolute atomic E-state index is 13.1. The predicted octanol–water partition coefficient (Wildman–Crippen LogP) is 25.7. The molecule has 0 aliphatic carbocycles. The summed E-state index contributed by atoms with van der Waals surface area (Å²) in [5.74, 6) is -0.156. The van der Waals surface area contributed by atoms with Gasteiger partial charge in [0.15, 0.2) is 0 Å². The first kappa shape index (κ1) is 89.2. The van der Waals surface area contributed by atoms with Gasteiger partial charge in [-0.3, -0.25) is 9.36 Å². The van der Waals surface area contributed by atoms with Crippen molar-refractivity contribution in [2.75, 3.05) is 40.9 Å². The number of amides is 1. The lowest BCUT2D eigenvalue weighted by Crippen LogP contribution is -2.46. The summed E-state index contributed by atoms with van der Waals surface area (Å²) in [6, 6.07) is -0.802. The number of phosphoric acid groups is 1. The number of unbranched alkanes of at least 4 members (excludes halogenated alkanes) is 52. The van der Waals surface area contributed by atoms with Crippen LogP contribution in [-0.4, -0.2) is 68.5 Å². The second kappa shape index (κ2) is 72.5. The number of nitrogens with one attached hydrogen (secondary N) is 1. The zero-order valence-electron chi connectivity index (χ0n) is 61.6. The van der Waals surface area contributed by atoms with Crippen LogP contribution in [0.4, 0.5) is 0 Å². The molecule has 0 saturated heterocycles. The Labute approximate surface area is 568 Å². The van der Waals surface area contributed by atoms with E-state index in [-0.39, 0.29) is 19.1 Å². The molecule has 3 atom stereocenters. The lowest BCUT2D eigenvalue weighted by molar-refractivity contribution is -0.870. The smallest absolute Gasteiger partial charge is 0.268 e. The molecule has 0 bridgehead atoms. The van der Waals surface area contributed by atoms with Gasteiger partial charge in [0.05, 0.1) is 39.9 Å². The first-order valence-corrected chi connectivity index (χ1v) is 41.6. The van der Waals surface area contributed by atoms with Crippen molar-refractivity contribution in [3.05, 3.63) is 60.8 Å². The van der Waals surface area contributed by atoms with Crippen molar-refractivity contribution in [2.24, 2.45) is 0 Å². The SMILES string of the molecule is CC/C=C\C/C=C\C/C=C\C/C=C\C/C=C\CCCCCCCCCCCCCCCCCCCCCCCCCC(=O)NC(COP(=O)([O-])OCC[N+](C)(C)C)C(O)CCCCCCCCCCCCCCCCCCCCCCCCCCCCCCCC. The lowest BCUT2D eigenvalue weighted by Gasteiger charge is -2.30. The molecular weight excluding hydrogens is 1140 g/mol. The molecule has 0 radical (unpaired) electrons. The fraction of sp³-hybridized carbons (Fsp3) is 0.866. The molecule has 0 fully saturated rings. The van der Waals surface area contributed by atoms with Crippen molar-refractivity contribution in [2.45, 2.75) is 418 Å². The summed E-state index contributed by atoms with van der Waals surface area (Å²) in [6.45, 7) is 4.67. The summed E-state index contributed by atoms with van der Waals surface area (Å²) in [6.07, 6.45) is 101. The Bertz CT molecular complexity index is 1670. The van der Waals surface area contributed by atoms with Crippen LogP contribution in [0.2, 0.25) is 0 Å². The monoisotopic (exact) mass is 1300 g/mol. The van der Waals surface area contributed by atoms with Gasteiger partial charge in [-0.05, 0) is 57.8 Å². The first-order chi connectivity index (χ1) is 44.5. The first-order valence-electron chi connectivity index (χ1n) is 40.1. The van der Waals surface area contributed by atoms with Crippen molar-refractivity contribution in [3.63, 3.8) is 0 Å². The van der Waals surface area contributed by atoms with Gasteiger partial charge in [0.2, 0.25) is 5.91 Å². The van der Waals surface area contributed by atoms with E-state index >= 15 is 0 Å². The molecule has 536 valence electrons. The summed E-state index contributed by atoms with van der Waals surface area (Å²) in [4.78, 5) is 25.8. The molecule has 1 amide bonds. The molecule has 2 N–H and O–H groups in total. The van der Waals surface area contributed by atoms with Crippen LogP contribution >= 0.6 is 7.82 Å². The fourth-order valence-electron chi connectivity index (χ4n) is 12.4. The van der Waals surface area contributed by atoms with Gasteiger partial charge in [0.1, 0.15) is 13.2 Å². The minimum absolute atomic E-state index is 0.0140. The van der Waals surface area contributed by atoms with E-state index in [1.54, 1.807) is 0 Å². The van der Waals surface area contributed by atoms with E-state index in [2.05, 4.69) is 79.9 Å². The van der Waals surface area contributed by atoms with Gasteiger partial charge in [-0.2, -0.15) is 0 Å². The Morgan fingerprint density at radius 2 is 0.670 bits per heavy atom. The summed E-state index contributed by atoms with van der Waals surface area (Å²) < 4.78 is 23.6. The number of hydrogen-bond acceptors (Lipinski definition) is 6. The number of allylic oxidation sites excluding steroid dienone is 10. The number of rotatable bonds is 75. The molecule has 0 aromatic heterocycles. The van der Waals surface area contributed by atoms with Crippen LogP contribution in [0, 0.1) is 0 Å². The molecule has 91 heavy (non-hydrogen) atoms. The number of quaternary nitrogens is 1. The zero-order valence-corrected chi connectivity index (χ0v) is 62.5. The van der Waals surface area contributed by atoms with Gasteiger partial charge >= 0.3 is 0 Å². The van der Waals surface area contributed by atoms with Crippen molar-refractivity contribution in [1.29, 1.82) is 0 Å². The highest BCUT2D eigenvalue weighted by molar-refractivity contribution is 7.45. The maximum atomic E-state index is 13.1. The Kier molecular flexibility index (Phi) is 71.0. The molecule has 0 heterocycles. The van der Waals surface area contributed by atoms with Crippen LogP contribution < -0.4 is 10.2 Å². The summed E-state index contributed by atoms with van der Waals surface area (Å²) >= 11 is 0. The van der Waals surface area contributed by atoms with E-state index in [4.69, 9.17) is 9.05 Å². The molecule has 0 aromatic rings. The number of carbonyl (C=O) groups is 1. The number of aliphatic hydroxyl groups excluding tert-OH is 1. The van der Waals surface area contributed by atoms with E-state index < -0.39 is 20.0 Å². The van der Waals surface area contributed by atoms with Crippen LogP contribution in [-0.2, 0) is 18.4 Å². The topological polar surface area (TPSA) is 108 Å². The molecule has 0 saturated carbocycles. The van der Waals surface area contributed by atoms with E-state index in [0.717, 1.165) is 70.6 Å². The van der Waals surface area contributed by atoms with Gasteiger partial charge in [-0.1, -0.05) is 402 Å². The van der Waals surface area contributed by atoms with Gasteiger partial charge < -0.3 is 28.8 Å². The average Bonchev–Trinajstić information content (AvgIpc) is 3.58. The second-order valence-corrected chi connectivity index (χ2v) is 30.2. The highest BCUT2D eigenvalue weighted by atomic mass is 31.2. The van der Waals surface area contributed by atoms with Crippen LogP contribution in [0.1, 0.15) is 406 Å². The molecule has 0 rings (SSSR count). The number of phosphoric ester groups is 1. The second-order valence-electron chi connectivity index (χ2n) is 28.8. The van der Waals surface area contributed by atoms with E-state index in [1.807, 2.05) is 21.1 Å². The largest absolute Gasteiger partial charge is 0.756 e. The van der Waals surface area contributed by atoms with E-state index in [1.165, 1.54) is 308 Å². The Morgan fingerprint density at radius 1 is 0.396 bits per heavy atom. The molecule has 0 aliphatic heterocycles.